The summed E-state index contributed by atoms with van der Waals surface area (Å²) in [6.07, 6.45) is 12.5. The number of anilines is 3. The first-order chi connectivity index (χ1) is 38.4. The first-order valence-electron chi connectivity index (χ1n) is 27.4. The average molecular weight is 1250 g/mol. The predicted octanol–water partition coefficient (Wildman–Crippen LogP) is 12.1. The summed E-state index contributed by atoms with van der Waals surface area (Å²) in [5.41, 5.74) is 9.20. The van der Waals surface area contributed by atoms with E-state index < -0.39 is 20.0 Å². The van der Waals surface area contributed by atoms with Crippen LogP contribution in [0.1, 0.15) is 166 Å². The molecule has 0 bridgehead atoms. The average Bonchev–Trinajstić information content (AvgIpc) is 4.33. The van der Waals surface area contributed by atoms with Crippen LogP contribution in [0.2, 0.25) is 0 Å². The number of nitrogens with two attached hydrogens (primary N) is 1. The number of ether oxygens (including phenoxy) is 2. The number of carbonyl (C=O) groups excluding carboxylic acids is 2. The zero-order valence-electron chi connectivity index (χ0n) is 47.7. The number of rotatable bonds is 18. The van der Waals surface area contributed by atoms with Crippen LogP contribution in [0.15, 0.2) is 87.8 Å². The van der Waals surface area contributed by atoms with Crippen LogP contribution in [0.3, 0.4) is 0 Å². The highest BCUT2D eigenvalue weighted by Crippen LogP contribution is 2.42. The van der Waals surface area contributed by atoms with Crippen LogP contribution in [0.25, 0.3) is 20.9 Å². The Labute approximate surface area is 493 Å². The van der Waals surface area contributed by atoms with E-state index in [0.717, 1.165) is 82.5 Å². The van der Waals surface area contributed by atoms with Gasteiger partial charge in [0.1, 0.15) is 24.3 Å². The van der Waals surface area contributed by atoms with Gasteiger partial charge in [-0.1, -0.05) is 69.6 Å². The lowest BCUT2D eigenvalue weighted by atomic mass is 9.86. The van der Waals surface area contributed by atoms with E-state index >= 15 is 0 Å². The molecule has 2 aromatic carbocycles. The third-order valence-corrected chi connectivity index (χ3v) is 19.1. The number of amides is 2. The monoisotopic (exact) mass is 1250 g/mol. The van der Waals surface area contributed by atoms with Crippen LogP contribution < -0.4 is 31.1 Å². The molecule has 4 aromatic heterocycles. The molecule has 0 saturated heterocycles. The maximum absolute atomic E-state index is 13.2. The van der Waals surface area contributed by atoms with E-state index in [1.54, 1.807) is 44.4 Å². The summed E-state index contributed by atoms with van der Waals surface area (Å²) in [7, 11) is -7.37. The third kappa shape index (κ3) is 19.2. The Balaban J connectivity index is 0.000000227. The fourth-order valence-electron chi connectivity index (χ4n) is 9.09. The fourth-order valence-corrected chi connectivity index (χ4v) is 14.6. The maximum Gasteiger partial charge on any atom is 0.407 e. The molecule has 0 radical (unpaired) electrons. The van der Waals surface area contributed by atoms with Gasteiger partial charge in [-0.15, -0.1) is 22.7 Å². The molecular weight excluding hydrogens is 1180 g/mol. The highest BCUT2D eigenvalue weighted by molar-refractivity contribution is 9.10. The summed E-state index contributed by atoms with van der Waals surface area (Å²) in [4.78, 5) is 51.5. The molecular formula is C56H77BrN12O8S4. The van der Waals surface area contributed by atoms with Crippen molar-refractivity contribution in [1.82, 2.24) is 50.0 Å². The molecule has 6 aromatic rings. The summed E-state index contributed by atoms with van der Waals surface area (Å²) < 4.78 is 68.1. The van der Waals surface area contributed by atoms with Gasteiger partial charge in [-0.25, -0.2) is 65.8 Å². The standard InChI is InChI=1S/C28H38N6O4S2.C21H28BrN3O4S2.C7H11N3/c1-6-32-40(36,37)25-13-21(33-26-14-23(17(2)3)30-16-31-26)11-12-22(25)24-15-29-27(39-24)19-7-9-20(10-8-19)34-28(35)38-18(4)5;1-4-24-31(27,28)19-11-15(22)7-10-17(19)18-12-23-20(30-18)14-5-8-16(9-6-14)25-21(26)29-13(2)3;1-5(2)6-3-7(8)10-4-9-6/h11-20,32H,6-10H2,1-5H3,(H,34,35)(H,30,31,33);7,10-14,16,24H,4-6,8-9H2,1-3H3,(H,25,26);3-5H,1-2H3,(H2,8,9,10). The van der Waals surface area contributed by atoms with E-state index in [4.69, 9.17) is 15.2 Å². The lowest BCUT2D eigenvalue weighted by Crippen LogP contribution is -2.38. The quantitative estimate of drug-likeness (QED) is 0.0466. The van der Waals surface area contributed by atoms with E-state index in [1.807, 2.05) is 58.0 Å². The van der Waals surface area contributed by atoms with Crippen LogP contribution in [0, 0.1) is 0 Å². The van der Waals surface area contributed by atoms with Crippen LogP contribution in [-0.2, 0) is 29.5 Å². The lowest BCUT2D eigenvalue weighted by molar-refractivity contribution is 0.108. The molecule has 8 rings (SSSR count). The van der Waals surface area contributed by atoms with Crippen LogP contribution >= 0.6 is 38.6 Å². The number of aromatic nitrogens is 6. The Morgan fingerprint density at radius 3 is 1.48 bits per heavy atom. The number of thiazole rings is 2. The molecule has 7 N–H and O–H groups in total. The van der Waals surface area contributed by atoms with E-state index in [2.05, 4.69) is 98.9 Å². The van der Waals surface area contributed by atoms with Crippen molar-refractivity contribution in [1.29, 1.82) is 0 Å². The number of benzene rings is 2. The summed E-state index contributed by atoms with van der Waals surface area (Å²) in [5, 5.41) is 11.1. The topological polar surface area (TPSA) is 284 Å². The van der Waals surface area contributed by atoms with E-state index in [1.165, 1.54) is 35.3 Å². The van der Waals surface area contributed by atoms with Crippen molar-refractivity contribution < 1.29 is 35.9 Å². The second kappa shape index (κ2) is 30.0. The van der Waals surface area contributed by atoms with Gasteiger partial charge in [0.2, 0.25) is 20.0 Å². The van der Waals surface area contributed by atoms with Gasteiger partial charge < -0.3 is 31.2 Å². The van der Waals surface area contributed by atoms with Gasteiger partial charge in [0.25, 0.3) is 0 Å². The number of nitrogen functional groups attached to an aromatic ring is 1. The normalized spacial score (nSPS) is 17.4. The Bertz CT molecular complexity index is 3250. The highest BCUT2D eigenvalue weighted by atomic mass is 79.9. The number of carbonyl (C=O) groups is 2. The number of nitrogens with one attached hydrogen (secondary N) is 5. The van der Waals surface area contributed by atoms with Gasteiger partial charge in [0, 0.05) is 94.2 Å². The Morgan fingerprint density at radius 2 is 1.05 bits per heavy atom. The number of halogens is 1. The fraction of sp³-hybridized carbons (Fsp3) is 0.500. The van der Waals surface area contributed by atoms with Crippen molar-refractivity contribution in [3.05, 3.63) is 99.5 Å². The first kappa shape index (κ1) is 64.5. The molecule has 2 saturated carbocycles. The number of hydrogen-bond acceptors (Lipinski definition) is 18. The molecule has 2 aliphatic rings. The van der Waals surface area contributed by atoms with Crippen molar-refractivity contribution in [2.75, 3.05) is 24.1 Å². The Kier molecular flexibility index (Phi) is 23.9. The van der Waals surface area contributed by atoms with E-state index in [-0.39, 0.29) is 64.6 Å². The maximum atomic E-state index is 13.2. The summed E-state index contributed by atoms with van der Waals surface area (Å²) in [6.45, 7) is 19.7. The zero-order chi connectivity index (χ0) is 59.0. The molecule has 0 aliphatic heterocycles. The van der Waals surface area contributed by atoms with Crippen molar-refractivity contribution >= 4 is 88.2 Å². The summed E-state index contributed by atoms with van der Waals surface area (Å²) in [6, 6.07) is 14.4. The Hall–Kier alpha value is -5.70. The third-order valence-electron chi connectivity index (χ3n) is 13.1. The van der Waals surface area contributed by atoms with Gasteiger partial charge in [-0.3, -0.25) is 0 Å². The van der Waals surface area contributed by atoms with E-state index in [0.29, 0.717) is 51.3 Å². The highest BCUT2D eigenvalue weighted by Gasteiger charge is 2.30. The molecule has 81 heavy (non-hydrogen) atoms. The molecule has 0 spiro atoms. The number of alkyl carbamates (subject to hydrolysis) is 2. The molecule has 0 unspecified atom stereocenters. The molecule has 2 fully saturated rings. The van der Waals surface area contributed by atoms with Gasteiger partial charge >= 0.3 is 12.2 Å². The second-order valence-electron chi connectivity index (χ2n) is 20.9. The van der Waals surface area contributed by atoms with Gasteiger partial charge in [0.15, 0.2) is 0 Å². The molecule has 2 aliphatic carbocycles. The molecule has 0 atom stereocenters. The van der Waals surface area contributed by atoms with Crippen molar-refractivity contribution in [3.8, 4) is 20.9 Å². The number of nitrogens with zero attached hydrogens (tertiary/aromatic N) is 6. The van der Waals surface area contributed by atoms with Gasteiger partial charge in [0.05, 0.1) is 41.8 Å². The minimum absolute atomic E-state index is 0.0883. The predicted molar refractivity (Wildman–Crippen MR) is 324 cm³/mol. The Morgan fingerprint density at radius 1 is 0.605 bits per heavy atom. The van der Waals surface area contributed by atoms with Crippen LogP contribution in [0.5, 0.6) is 0 Å². The first-order valence-corrected chi connectivity index (χ1v) is 32.8. The molecule has 20 nitrogen and oxygen atoms in total. The molecule has 4 heterocycles. The second-order valence-corrected chi connectivity index (χ2v) is 27.4. The van der Waals surface area contributed by atoms with Crippen molar-refractivity contribution in [3.63, 3.8) is 0 Å². The molecule has 25 heteroatoms. The number of hydrogen-bond donors (Lipinski definition) is 6. The summed E-state index contributed by atoms with van der Waals surface area (Å²) >= 11 is 6.44. The van der Waals surface area contributed by atoms with Crippen molar-refractivity contribution in [2.24, 2.45) is 0 Å². The summed E-state index contributed by atoms with van der Waals surface area (Å²) in [5.74, 6) is 2.37. The van der Waals surface area contributed by atoms with Crippen LogP contribution in [0.4, 0.5) is 26.9 Å². The lowest BCUT2D eigenvalue weighted by Gasteiger charge is -2.28. The van der Waals surface area contributed by atoms with E-state index in [9.17, 15) is 26.4 Å². The smallest absolute Gasteiger partial charge is 0.407 e. The van der Waals surface area contributed by atoms with Crippen LogP contribution in [-0.4, -0.2) is 96.3 Å². The number of sulfonamides is 2. The minimum Gasteiger partial charge on any atom is -0.447 e. The largest absolute Gasteiger partial charge is 0.447 e. The van der Waals surface area contributed by atoms with Gasteiger partial charge in [-0.05, 0) is 115 Å². The molecule has 2 amide bonds. The zero-order valence-corrected chi connectivity index (χ0v) is 52.5. The molecule has 440 valence electrons. The minimum atomic E-state index is -3.76. The van der Waals surface area contributed by atoms with Crippen molar-refractivity contribution in [2.45, 2.75) is 178 Å². The SMILES string of the molecule is CC(C)c1cc(N)ncn1.CCNS(=O)(=O)c1cc(Br)ccc1-c1cnc(C2CCC(NC(=O)OC(C)C)CC2)s1.CCNS(=O)(=O)c1cc(Nc2cc(C(C)C)ncn2)ccc1-c1cnc(C2CCC(NC(=O)OC(C)C)CC2)s1. The van der Waals surface area contributed by atoms with Gasteiger partial charge in [-0.2, -0.15) is 0 Å².